The Morgan fingerprint density at radius 3 is 2.68 bits per heavy atom. The van der Waals surface area contributed by atoms with Crippen molar-refractivity contribution in [3.63, 3.8) is 0 Å². The molecule has 0 radical (unpaired) electrons. The summed E-state index contributed by atoms with van der Waals surface area (Å²) in [5.41, 5.74) is 4.97. The van der Waals surface area contributed by atoms with Gasteiger partial charge in [-0.25, -0.2) is 9.97 Å². The van der Waals surface area contributed by atoms with Crippen molar-refractivity contribution in [2.45, 2.75) is 52.7 Å². The highest BCUT2D eigenvalue weighted by atomic mass is 32.1. The Hall–Kier alpha value is -4.01. The number of thiophene rings is 1. The Labute approximate surface area is 247 Å². The smallest absolute Gasteiger partial charge is 0.246 e. The van der Waals surface area contributed by atoms with Gasteiger partial charge >= 0.3 is 0 Å². The van der Waals surface area contributed by atoms with Gasteiger partial charge in [0.1, 0.15) is 17.0 Å². The first-order chi connectivity index (χ1) is 19.7. The molecule has 0 saturated carbocycles. The fourth-order valence-corrected chi connectivity index (χ4v) is 5.72. The Morgan fingerprint density at radius 1 is 1.20 bits per heavy atom. The van der Waals surface area contributed by atoms with Crippen molar-refractivity contribution in [1.29, 1.82) is 0 Å². The number of aromatic nitrogens is 2. The van der Waals surface area contributed by atoms with Crippen LogP contribution in [0.5, 0.6) is 0 Å². The summed E-state index contributed by atoms with van der Waals surface area (Å²) >= 11 is 1.63. The van der Waals surface area contributed by atoms with Gasteiger partial charge < -0.3 is 20.9 Å². The van der Waals surface area contributed by atoms with E-state index in [1.165, 1.54) is 11.1 Å². The molecule has 3 heterocycles. The highest BCUT2D eigenvalue weighted by Crippen LogP contribution is 2.37. The Morgan fingerprint density at radius 2 is 1.98 bits per heavy atom. The first kappa shape index (κ1) is 30.0. The second-order valence-electron chi connectivity index (χ2n) is 10.9. The Kier molecular flexibility index (Phi) is 9.91. The predicted octanol–water partition coefficient (Wildman–Crippen LogP) is 6.25. The SMILES string of the molecule is C=C/C(=C/C(=C\C)Nc1ncnc2sc3c(c12)CCN(C(=O)/C=C/CNC(C)(C)C)C3)C(=C)NCc1ccccc1. The monoisotopic (exact) mass is 568 g/mol. The van der Waals surface area contributed by atoms with Crippen LogP contribution >= 0.6 is 11.3 Å². The third-order valence-corrected chi connectivity index (χ3v) is 7.89. The molecule has 4 rings (SSSR count). The third-order valence-electron chi connectivity index (χ3n) is 6.76. The molecule has 3 N–H and O–H groups in total. The van der Waals surface area contributed by atoms with Gasteiger partial charge in [0, 0.05) is 47.5 Å². The fourth-order valence-electron chi connectivity index (χ4n) is 4.51. The van der Waals surface area contributed by atoms with Gasteiger partial charge in [0.15, 0.2) is 0 Å². The van der Waals surface area contributed by atoms with E-state index in [0.29, 0.717) is 26.2 Å². The van der Waals surface area contributed by atoms with E-state index in [1.54, 1.807) is 29.8 Å². The average Bonchev–Trinajstić information content (AvgIpc) is 3.34. The van der Waals surface area contributed by atoms with E-state index in [4.69, 9.17) is 0 Å². The van der Waals surface area contributed by atoms with E-state index in [9.17, 15) is 4.79 Å². The number of anilines is 1. The molecule has 1 aromatic carbocycles. The molecule has 0 atom stereocenters. The molecule has 3 aromatic rings. The fraction of sp³-hybridized carbons (Fsp3) is 0.303. The zero-order valence-corrected chi connectivity index (χ0v) is 25.3. The molecule has 1 aliphatic heterocycles. The lowest BCUT2D eigenvalue weighted by Gasteiger charge is -2.26. The number of nitrogens with zero attached hydrogens (tertiary/aromatic N) is 3. The molecule has 2 aromatic heterocycles. The van der Waals surface area contributed by atoms with Crippen LogP contribution in [0.4, 0.5) is 5.82 Å². The van der Waals surface area contributed by atoms with Crippen LogP contribution < -0.4 is 16.0 Å². The number of amides is 1. The highest BCUT2D eigenvalue weighted by molar-refractivity contribution is 7.19. The zero-order chi connectivity index (χ0) is 29.4. The molecule has 8 heteroatoms. The van der Waals surface area contributed by atoms with E-state index in [1.807, 2.05) is 48.3 Å². The summed E-state index contributed by atoms with van der Waals surface area (Å²) in [5, 5.41) is 11.3. The van der Waals surface area contributed by atoms with Crippen LogP contribution in [0.15, 0.2) is 97.2 Å². The topological polar surface area (TPSA) is 82.2 Å². The van der Waals surface area contributed by atoms with Gasteiger partial charge in [0.05, 0.1) is 11.9 Å². The summed E-state index contributed by atoms with van der Waals surface area (Å²) in [5.74, 6) is 0.795. The molecular formula is C33H40N6OS. The van der Waals surface area contributed by atoms with Gasteiger partial charge in [-0.15, -0.1) is 11.3 Å². The quantitative estimate of drug-likeness (QED) is 0.187. The van der Waals surface area contributed by atoms with E-state index in [0.717, 1.165) is 44.3 Å². The van der Waals surface area contributed by atoms with Crippen molar-refractivity contribution in [3.8, 4) is 0 Å². The van der Waals surface area contributed by atoms with E-state index < -0.39 is 0 Å². The molecule has 0 bridgehead atoms. The number of allylic oxidation sites excluding steroid dienone is 3. The van der Waals surface area contributed by atoms with Gasteiger partial charge in [-0.2, -0.15) is 0 Å². The minimum absolute atomic E-state index is 0.0143. The minimum Gasteiger partial charge on any atom is -0.381 e. The molecule has 0 saturated heterocycles. The lowest BCUT2D eigenvalue weighted by Crippen LogP contribution is -2.36. The Bertz CT molecular complexity index is 1490. The summed E-state index contributed by atoms with van der Waals surface area (Å²) in [4.78, 5) is 26.0. The van der Waals surface area contributed by atoms with Crippen LogP contribution in [0.1, 0.15) is 43.7 Å². The maximum absolute atomic E-state index is 12.9. The van der Waals surface area contributed by atoms with Crippen LogP contribution in [-0.2, 0) is 24.3 Å². The number of fused-ring (bicyclic) bond motifs is 3. The second kappa shape index (κ2) is 13.6. The summed E-state index contributed by atoms with van der Waals surface area (Å²) in [6, 6.07) is 10.2. The molecule has 41 heavy (non-hydrogen) atoms. The van der Waals surface area contributed by atoms with Gasteiger partial charge in [0.2, 0.25) is 5.91 Å². The number of carbonyl (C=O) groups is 1. The summed E-state index contributed by atoms with van der Waals surface area (Å²) < 4.78 is 0. The molecule has 1 amide bonds. The molecule has 1 aliphatic rings. The van der Waals surface area contributed by atoms with Crippen molar-refractivity contribution >= 4 is 33.3 Å². The first-order valence-electron chi connectivity index (χ1n) is 13.9. The number of hydrogen-bond acceptors (Lipinski definition) is 7. The van der Waals surface area contributed by atoms with E-state index in [2.05, 4.69) is 72.0 Å². The zero-order valence-electron chi connectivity index (χ0n) is 24.5. The first-order valence-corrected chi connectivity index (χ1v) is 14.7. The van der Waals surface area contributed by atoms with Gasteiger partial charge in [0.25, 0.3) is 0 Å². The molecule has 0 aliphatic carbocycles. The van der Waals surface area contributed by atoms with Crippen LogP contribution in [0, 0.1) is 0 Å². The van der Waals surface area contributed by atoms with E-state index in [-0.39, 0.29) is 11.4 Å². The largest absolute Gasteiger partial charge is 0.381 e. The molecule has 7 nitrogen and oxygen atoms in total. The maximum atomic E-state index is 12.9. The molecule has 214 valence electrons. The van der Waals surface area contributed by atoms with Gasteiger partial charge in [-0.3, -0.25) is 4.79 Å². The van der Waals surface area contributed by atoms with E-state index >= 15 is 0 Å². The van der Waals surface area contributed by atoms with Gasteiger partial charge in [-0.1, -0.05) is 61.7 Å². The average molecular weight is 569 g/mol. The Balaban J connectivity index is 1.47. The van der Waals surface area contributed by atoms with Crippen LogP contribution in [0.2, 0.25) is 0 Å². The summed E-state index contributed by atoms with van der Waals surface area (Å²) in [7, 11) is 0. The summed E-state index contributed by atoms with van der Waals surface area (Å²) in [6.07, 6.45) is 11.7. The van der Waals surface area contributed by atoms with Crippen molar-refractivity contribution in [2.75, 3.05) is 18.4 Å². The standard InChI is InChI=1S/C33H40N6OS/c1-7-25(23(3)34-20-24-13-10-9-11-14-24)19-26(8-2)38-31-30-27-16-18-39(21-28(27)41-32(30)36-22-35-31)29(40)15-12-17-37-33(4,5)6/h7-15,19,22,34,37H,1,3,16-18,20-21H2,2,4-6H3,(H,35,36,38)/b15-12+,25-19-,26-8+. The van der Waals surface area contributed by atoms with Crippen LogP contribution in [0.3, 0.4) is 0 Å². The number of carbonyl (C=O) groups excluding carboxylic acids is 1. The summed E-state index contributed by atoms with van der Waals surface area (Å²) in [6.45, 7) is 19.1. The maximum Gasteiger partial charge on any atom is 0.246 e. The molecule has 0 spiro atoms. The van der Waals surface area contributed by atoms with Crippen molar-refractivity contribution in [3.05, 3.63) is 113 Å². The normalized spacial score (nSPS) is 14.3. The third kappa shape index (κ3) is 8.02. The van der Waals surface area contributed by atoms with Crippen LogP contribution in [-0.4, -0.2) is 39.4 Å². The minimum atomic E-state index is 0.0143. The number of rotatable bonds is 11. The second-order valence-corrected chi connectivity index (χ2v) is 12.0. The van der Waals surface area contributed by atoms with Crippen molar-refractivity contribution in [1.82, 2.24) is 25.5 Å². The molecule has 0 fully saturated rings. The van der Waals surface area contributed by atoms with Gasteiger partial charge in [-0.05, 0) is 56.9 Å². The lowest BCUT2D eigenvalue weighted by molar-refractivity contribution is -0.126. The lowest BCUT2D eigenvalue weighted by atomic mass is 10.0. The number of nitrogens with one attached hydrogen (secondary N) is 3. The number of hydrogen-bond donors (Lipinski definition) is 3. The predicted molar refractivity (Wildman–Crippen MR) is 172 cm³/mol. The highest BCUT2D eigenvalue weighted by Gasteiger charge is 2.25. The van der Waals surface area contributed by atoms with Crippen molar-refractivity contribution in [2.24, 2.45) is 0 Å². The molecular weight excluding hydrogens is 528 g/mol. The van der Waals surface area contributed by atoms with Crippen LogP contribution in [0.25, 0.3) is 10.2 Å². The van der Waals surface area contributed by atoms with Crippen molar-refractivity contribution < 1.29 is 4.79 Å². The number of benzene rings is 1. The molecule has 0 unspecified atom stereocenters.